The molecule has 0 amide bonds. The van der Waals surface area contributed by atoms with Gasteiger partial charge in [0, 0.05) is 5.41 Å². The molecule has 2 heteroatoms. The summed E-state index contributed by atoms with van der Waals surface area (Å²) < 4.78 is 7.62. The highest BCUT2D eigenvalue weighted by atomic mass is 79.9. The fourth-order valence-electron chi connectivity index (χ4n) is 3.68. The van der Waals surface area contributed by atoms with Crippen LogP contribution in [0.1, 0.15) is 32.8 Å². The van der Waals surface area contributed by atoms with Crippen LogP contribution in [0.5, 0.6) is 0 Å². The summed E-state index contributed by atoms with van der Waals surface area (Å²) >= 11 is 3.74. The number of benzene rings is 1. The first kappa shape index (κ1) is 13.4. The molecule has 0 N–H and O–H groups in total. The molecular formula is C17H21BrO. The van der Waals surface area contributed by atoms with Crippen molar-refractivity contribution in [2.75, 3.05) is 0 Å². The van der Waals surface area contributed by atoms with E-state index < -0.39 is 0 Å². The molecule has 0 spiro atoms. The third kappa shape index (κ3) is 1.92. The van der Waals surface area contributed by atoms with Crippen LogP contribution in [0, 0.1) is 16.7 Å². The molecule has 0 aliphatic heterocycles. The Bertz CT molecular complexity index is 505. The molecule has 2 aliphatic rings. The molecule has 1 aromatic carbocycles. The first-order chi connectivity index (χ1) is 8.95. The van der Waals surface area contributed by atoms with Crippen LogP contribution in [-0.2, 0) is 11.3 Å². The average Bonchev–Trinajstić information content (AvgIpc) is 2.67. The SMILES string of the molecule is CC1(C)[C@@H]2C[C@@H](OCc3ccccc3)[C@@]1(C)C=C2Br. The van der Waals surface area contributed by atoms with Crippen molar-refractivity contribution < 1.29 is 4.74 Å². The van der Waals surface area contributed by atoms with Crippen molar-refractivity contribution in [2.24, 2.45) is 16.7 Å². The lowest BCUT2D eigenvalue weighted by molar-refractivity contribution is -0.0296. The lowest BCUT2D eigenvalue weighted by atomic mass is 9.70. The fourth-order valence-corrected chi connectivity index (χ4v) is 4.91. The Labute approximate surface area is 124 Å². The summed E-state index contributed by atoms with van der Waals surface area (Å²) in [6, 6.07) is 10.5. The summed E-state index contributed by atoms with van der Waals surface area (Å²) in [5.74, 6) is 0.610. The minimum Gasteiger partial charge on any atom is -0.373 e. The summed E-state index contributed by atoms with van der Waals surface area (Å²) in [7, 11) is 0. The first-order valence-electron chi connectivity index (χ1n) is 6.99. The first-order valence-corrected chi connectivity index (χ1v) is 7.78. The van der Waals surface area contributed by atoms with E-state index in [4.69, 9.17) is 4.74 Å². The van der Waals surface area contributed by atoms with E-state index in [1.54, 1.807) is 0 Å². The maximum absolute atomic E-state index is 6.24. The van der Waals surface area contributed by atoms with Crippen LogP contribution in [0.25, 0.3) is 0 Å². The van der Waals surface area contributed by atoms with Crippen molar-refractivity contribution in [3.05, 3.63) is 46.5 Å². The average molecular weight is 321 g/mol. The highest BCUT2D eigenvalue weighted by Gasteiger charge is 2.61. The molecule has 0 aromatic heterocycles. The van der Waals surface area contributed by atoms with Crippen molar-refractivity contribution in [1.29, 1.82) is 0 Å². The second-order valence-electron chi connectivity index (χ2n) is 6.61. The van der Waals surface area contributed by atoms with Gasteiger partial charge in [0.2, 0.25) is 0 Å². The van der Waals surface area contributed by atoms with Gasteiger partial charge in [0.15, 0.2) is 0 Å². The highest BCUT2D eigenvalue weighted by molar-refractivity contribution is 9.11. The standard InChI is InChI=1S/C17H21BrO/c1-16(2)13-9-15(17(16,3)10-14(13)18)19-11-12-7-5-4-6-8-12/h4-8,10,13,15H,9,11H2,1-3H3/t13-,15-,17-/m1/s1. The molecule has 0 radical (unpaired) electrons. The third-order valence-electron chi connectivity index (χ3n) is 5.44. The smallest absolute Gasteiger partial charge is 0.0721 e. The Hall–Kier alpha value is -0.600. The van der Waals surface area contributed by atoms with Gasteiger partial charge in [-0.2, -0.15) is 0 Å². The van der Waals surface area contributed by atoms with Crippen LogP contribution in [0.4, 0.5) is 0 Å². The molecular weight excluding hydrogens is 300 g/mol. The molecule has 1 nitrogen and oxygen atoms in total. The van der Waals surface area contributed by atoms with Crippen molar-refractivity contribution in [1.82, 2.24) is 0 Å². The minimum absolute atomic E-state index is 0.144. The van der Waals surface area contributed by atoms with Gasteiger partial charge in [-0.25, -0.2) is 0 Å². The second kappa shape index (κ2) is 4.46. The molecule has 0 heterocycles. The lowest BCUT2D eigenvalue weighted by Crippen LogP contribution is -2.36. The fraction of sp³-hybridized carbons (Fsp3) is 0.529. The molecule has 0 unspecified atom stereocenters. The van der Waals surface area contributed by atoms with E-state index in [0.717, 1.165) is 13.0 Å². The molecule has 3 atom stereocenters. The van der Waals surface area contributed by atoms with Crippen molar-refractivity contribution >= 4 is 15.9 Å². The molecule has 19 heavy (non-hydrogen) atoms. The Morgan fingerprint density at radius 2 is 1.89 bits per heavy atom. The molecule has 1 aromatic rings. The van der Waals surface area contributed by atoms with Crippen molar-refractivity contribution in [3.8, 4) is 0 Å². The quantitative estimate of drug-likeness (QED) is 0.768. The normalized spacial score (nSPS) is 35.5. The summed E-state index contributed by atoms with van der Waals surface area (Å²) in [6.45, 7) is 7.80. The lowest BCUT2D eigenvalue weighted by Gasteiger charge is -2.37. The van der Waals surface area contributed by atoms with Gasteiger partial charge >= 0.3 is 0 Å². The predicted molar refractivity (Wildman–Crippen MR) is 82.0 cm³/mol. The van der Waals surface area contributed by atoms with E-state index in [2.05, 4.69) is 67.0 Å². The van der Waals surface area contributed by atoms with E-state index in [1.807, 2.05) is 6.07 Å². The number of fused-ring (bicyclic) bond motifs is 2. The van der Waals surface area contributed by atoms with E-state index in [-0.39, 0.29) is 10.8 Å². The molecule has 1 fully saturated rings. The summed E-state index contributed by atoms with van der Waals surface area (Å²) in [4.78, 5) is 0. The zero-order chi connectivity index (χ0) is 13.7. The van der Waals surface area contributed by atoms with Gasteiger partial charge in [-0.05, 0) is 27.8 Å². The number of hydrogen-bond donors (Lipinski definition) is 0. The van der Waals surface area contributed by atoms with Crippen LogP contribution in [0.15, 0.2) is 40.9 Å². The molecule has 3 rings (SSSR count). The largest absolute Gasteiger partial charge is 0.373 e. The number of hydrogen-bond acceptors (Lipinski definition) is 1. The van der Waals surface area contributed by atoms with E-state index in [0.29, 0.717) is 12.0 Å². The minimum atomic E-state index is 0.144. The van der Waals surface area contributed by atoms with Crippen LogP contribution >= 0.6 is 15.9 Å². The van der Waals surface area contributed by atoms with Crippen LogP contribution in [-0.4, -0.2) is 6.10 Å². The Balaban J connectivity index is 1.75. The molecule has 0 saturated heterocycles. The van der Waals surface area contributed by atoms with Gasteiger partial charge < -0.3 is 4.74 Å². The molecule has 2 aliphatic carbocycles. The van der Waals surface area contributed by atoms with Crippen LogP contribution in [0.2, 0.25) is 0 Å². The topological polar surface area (TPSA) is 9.23 Å². The molecule has 102 valence electrons. The van der Waals surface area contributed by atoms with Gasteiger partial charge in [0.25, 0.3) is 0 Å². The Kier molecular flexibility index (Phi) is 3.14. The van der Waals surface area contributed by atoms with Crippen molar-refractivity contribution in [2.45, 2.75) is 39.9 Å². The molecule has 2 bridgehead atoms. The van der Waals surface area contributed by atoms with Gasteiger partial charge in [0.05, 0.1) is 12.7 Å². The predicted octanol–water partition coefficient (Wildman–Crippen LogP) is 4.92. The number of rotatable bonds is 3. The highest BCUT2D eigenvalue weighted by Crippen LogP contribution is 2.66. The van der Waals surface area contributed by atoms with E-state index in [9.17, 15) is 0 Å². The van der Waals surface area contributed by atoms with E-state index in [1.165, 1.54) is 10.0 Å². The maximum atomic E-state index is 6.24. The summed E-state index contributed by atoms with van der Waals surface area (Å²) in [5.41, 5.74) is 1.69. The summed E-state index contributed by atoms with van der Waals surface area (Å²) in [6.07, 6.45) is 3.85. The molecule has 1 saturated carbocycles. The maximum Gasteiger partial charge on any atom is 0.0721 e. The monoisotopic (exact) mass is 320 g/mol. The Morgan fingerprint density at radius 1 is 1.21 bits per heavy atom. The zero-order valence-electron chi connectivity index (χ0n) is 11.8. The number of halogens is 1. The second-order valence-corrected chi connectivity index (χ2v) is 7.52. The number of allylic oxidation sites excluding steroid dienone is 1. The van der Waals surface area contributed by atoms with Crippen molar-refractivity contribution in [3.63, 3.8) is 0 Å². The third-order valence-corrected chi connectivity index (χ3v) is 6.22. The zero-order valence-corrected chi connectivity index (χ0v) is 13.4. The van der Waals surface area contributed by atoms with Crippen LogP contribution in [0.3, 0.4) is 0 Å². The van der Waals surface area contributed by atoms with Gasteiger partial charge in [-0.15, -0.1) is 0 Å². The van der Waals surface area contributed by atoms with Gasteiger partial charge in [-0.1, -0.05) is 73.1 Å². The van der Waals surface area contributed by atoms with Gasteiger partial charge in [-0.3, -0.25) is 0 Å². The summed E-state index contributed by atoms with van der Waals surface area (Å²) in [5, 5.41) is 0. The Morgan fingerprint density at radius 3 is 2.42 bits per heavy atom. The van der Waals surface area contributed by atoms with E-state index >= 15 is 0 Å². The van der Waals surface area contributed by atoms with Crippen LogP contribution < -0.4 is 0 Å². The number of ether oxygens (including phenoxy) is 1. The van der Waals surface area contributed by atoms with Gasteiger partial charge in [0.1, 0.15) is 0 Å².